The van der Waals surface area contributed by atoms with Crippen LogP contribution in [0.5, 0.6) is 17.4 Å². The van der Waals surface area contributed by atoms with Crippen LogP contribution in [0.2, 0.25) is 0 Å². The van der Waals surface area contributed by atoms with E-state index in [-0.39, 0.29) is 72.5 Å². The fourth-order valence-electron chi connectivity index (χ4n) is 7.69. The van der Waals surface area contributed by atoms with Gasteiger partial charge < -0.3 is 41.6 Å². The van der Waals surface area contributed by atoms with E-state index in [0.29, 0.717) is 48.3 Å². The summed E-state index contributed by atoms with van der Waals surface area (Å²) < 4.78 is 36.0. The maximum absolute atomic E-state index is 13.6. The minimum absolute atomic E-state index is 0.146. The van der Waals surface area contributed by atoms with Crippen molar-refractivity contribution in [2.75, 3.05) is 30.7 Å². The van der Waals surface area contributed by atoms with Crippen molar-refractivity contribution in [3.8, 4) is 50.9 Å². The van der Waals surface area contributed by atoms with Crippen LogP contribution in [0, 0.1) is 6.92 Å². The lowest BCUT2D eigenvalue weighted by molar-refractivity contribution is -0.287. The van der Waals surface area contributed by atoms with Gasteiger partial charge in [0.15, 0.2) is 5.75 Å². The zero-order chi connectivity index (χ0) is 46.6. The number of benzene rings is 2. The Kier molecular flexibility index (Phi) is 12.6. The highest BCUT2D eigenvalue weighted by Crippen LogP contribution is 2.50. The van der Waals surface area contributed by atoms with E-state index in [1.54, 1.807) is 85.2 Å². The molecule has 8 rings (SSSR count). The van der Waals surface area contributed by atoms with Crippen LogP contribution in [0.15, 0.2) is 97.3 Å². The molecular formula is C48H45F2N9O7. The summed E-state index contributed by atoms with van der Waals surface area (Å²) in [5.41, 5.74) is 12.2. The second kappa shape index (κ2) is 18.6. The number of pyridine rings is 4. The van der Waals surface area contributed by atoms with E-state index >= 15 is 0 Å². The Morgan fingerprint density at radius 3 is 2.30 bits per heavy atom. The number of alkyl halides is 2. The number of hydrogen-bond acceptors (Lipinski definition) is 12. The molecule has 338 valence electrons. The molecule has 2 aromatic carbocycles. The second-order valence-electron chi connectivity index (χ2n) is 15.9. The third kappa shape index (κ3) is 9.71. The highest BCUT2D eigenvalue weighted by molar-refractivity contribution is 6.01. The van der Waals surface area contributed by atoms with Crippen LogP contribution in [-0.2, 0) is 21.4 Å². The zero-order valence-corrected chi connectivity index (χ0v) is 35.9. The van der Waals surface area contributed by atoms with Crippen molar-refractivity contribution in [1.82, 2.24) is 35.9 Å². The molecule has 18 heteroatoms. The van der Waals surface area contributed by atoms with Gasteiger partial charge in [-0.05, 0) is 97.8 Å². The number of aromatic hydroxyl groups is 1. The van der Waals surface area contributed by atoms with Gasteiger partial charge in [-0.15, -0.1) is 8.78 Å². The topological polar surface area (TPSA) is 233 Å². The number of aryl methyl sites for hydroxylation is 1. The Morgan fingerprint density at radius 2 is 1.56 bits per heavy atom. The molecule has 1 aliphatic carbocycles. The van der Waals surface area contributed by atoms with Crippen molar-refractivity contribution >= 4 is 35.3 Å². The highest BCUT2D eigenvalue weighted by Gasteiger charge is 2.54. The number of carbonyl (C=O) groups is 4. The normalized spacial score (nSPS) is 13.9. The monoisotopic (exact) mass is 897 g/mol. The van der Waals surface area contributed by atoms with E-state index in [1.807, 2.05) is 13.8 Å². The first-order valence-electron chi connectivity index (χ1n) is 21.3. The fraction of sp³-hybridized carbons (Fsp3) is 0.250. The number of hydrogen-bond donors (Lipinski definition) is 6. The highest BCUT2D eigenvalue weighted by atomic mass is 19.3. The van der Waals surface area contributed by atoms with E-state index in [9.17, 15) is 33.1 Å². The number of phenolic OH excluding ortho intramolecular Hbond substituents is 1. The number of phenols is 1. The number of carbonyl (C=O) groups excluding carboxylic acids is 4. The number of aromatic nitrogens is 4. The van der Waals surface area contributed by atoms with Gasteiger partial charge in [0.25, 0.3) is 17.7 Å². The Hall–Kier alpha value is -8.02. The number of anilines is 2. The number of halogens is 2. The van der Waals surface area contributed by atoms with Gasteiger partial charge in [-0.25, -0.2) is 15.0 Å². The average Bonchev–Trinajstić information content (AvgIpc) is 4.07. The molecule has 7 N–H and O–H groups in total. The predicted octanol–water partition coefficient (Wildman–Crippen LogP) is 6.47. The molecule has 66 heavy (non-hydrogen) atoms. The number of fused-ring (bicyclic) bond motifs is 1. The first-order chi connectivity index (χ1) is 31.7. The standard InChI is InChI=1S/C48H45F2N9O7/c1-3-33-34(26-56-42(51)40(33)28-10-13-32(60)14-11-28)31-12-15-35(55-25-31)44(63)54-23-22-52-39(61)8-5-21-53-43(62)30-7-4-6-29(24-30)41-27(2)9-18-38(58-41)59-46(64)47(19-20-47)37-17-16-36-45(57-37)66-48(49,50)65-36/h4,6-7,9-18,24-26,60H,3,5,8,19-23H2,1-2H3,(H2,51,56)(H,52,61)(H,53,62)(H,54,63)(H,58,59,64). The summed E-state index contributed by atoms with van der Waals surface area (Å²) in [4.78, 5) is 69.6. The molecule has 1 fully saturated rings. The van der Waals surface area contributed by atoms with E-state index in [1.165, 1.54) is 12.1 Å². The summed E-state index contributed by atoms with van der Waals surface area (Å²) in [6.45, 7) is 4.47. The minimum Gasteiger partial charge on any atom is -0.508 e. The first kappa shape index (κ1) is 44.6. The van der Waals surface area contributed by atoms with Gasteiger partial charge in [-0.1, -0.05) is 43.3 Å². The van der Waals surface area contributed by atoms with Crippen LogP contribution in [0.25, 0.3) is 33.5 Å². The molecule has 4 aromatic heterocycles. The quantitative estimate of drug-likeness (QED) is 0.0574. The number of ether oxygens (including phenoxy) is 2. The van der Waals surface area contributed by atoms with Gasteiger partial charge in [0.1, 0.15) is 23.1 Å². The van der Waals surface area contributed by atoms with Gasteiger partial charge >= 0.3 is 6.29 Å². The smallest absolute Gasteiger partial charge is 0.508 e. The minimum atomic E-state index is -3.82. The SMILES string of the molecule is CCc1c(-c2ccc(C(=O)NCCNC(=O)CCCNC(=O)c3cccc(-c4nc(NC(=O)C5(c6ccc7c(n6)OC(F)(F)O7)CC5)ccc4C)c3)nc2)cnc(N)c1-c1ccc(O)cc1. The molecule has 0 atom stereocenters. The number of rotatable bonds is 16. The molecule has 0 bridgehead atoms. The van der Waals surface area contributed by atoms with Crippen LogP contribution in [0.1, 0.15) is 70.3 Å². The molecule has 6 aromatic rings. The van der Waals surface area contributed by atoms with Crippen LogP contribution in [0.4, 0.5) is 20.4 Å². The Bertz CT molecular complexity index is 2840. The van der Waals surface area contributed by atoms with Crippen molar-refractivity contribution in [3.63, 3.8) is 0 Å². The van der Waals surface area contributed by atoms with Gasteiger partial charge in [0.2, 0.25) is 11.8 Å². The molecule has 1 aliphatic heterocycles. The van der Waals surface area contributed by atoms with Crippen molar-refractivity contribution < 1.29 is 42.5 Å². The third-order valence-corrected chi connectivity index (χ3v) is 11.3. The molecule has 1 saturated carbocycles. The van der Waals surface area contributed by atoms with E-state index in [4.69, 9.17) is 5.73 Å². The molecule has 0 saturated heterocycles. The molecule has 4 amide bonds. The average molecular weight is 898 g/mol. The Labute approximate surface area is 377 Å². The lowest BCUT2D eigenvalue weighted by Crippen LogP contribution is -2.35. The van der Waals surface area contributed by atoms with E-state index < -0.39 is 23.5 Å². The van der Waals surface area contributed by atoms with E-state index in [2.05, 4.69) is 50.7 Å². The summed E-state index contributed by atoms with van der Waals surface area (Å²) in [5, 5.41) is 20.9. The van der Waals surface area contributed by atoms with Crippen molar-refractivity contribution in [2.45, 2.75) is 57.7 Å². The predicted molar refractivity (Wildman–Crippen MR) is 240 cm³/mol. The van der Waals surface area contributed by atoms with Gasteiger partial charge in [0.05, 0.1) is 16.8 Å². The summed E-state index contributed by atoms with van der Waals surface area (Å²) in [7, 11) is 0. The van der Waals surface area contributed by atoms with E-state index in [0.717, 1.165) is 33.4 Å². The lowest BCUT2D eigenvalue weighted by atomic mass is 9.92. The molecule has 0 spiro atoms. The largest absolute Gasteiger partial charge is 0.587 e. The molecular weight excluding hydrogens is 853 g/mol. The molecule has 2 aliphatic rings. The maximum Gasteiger partial charge on any atom is 0.587 e. The second-order valence-corrected chi connectivity index (χ2v) is 15.9. The Balaban J connectivity index is 0.774. The van der Waals surface area contributed by atoms with Gasteiger partial charge in [-0.3, -0.25) is 24.2 Å². The maximum atomic E-state index is 13.6. The summed E-state index contributed by atoms with van der Waals surface area (Å²) in [6, 6.07) is 23.2. The number of nitrogens with zero attached hydrogens (tertiary/aromatic N) is 4. The first-order valence-corrected chi connectivity index (χ1v) is 21.3. The van der Waals surface area contributed by atoms with Crippen LogP contribution >= 0.6 is 0 Å². The zero-order valence-electron chi connectivity index (χ0n) is 35.9. The summed E-state index contributed by atoms with van der Waals surface area (Å²) >= 11 is 0. The Morgan fingerprint density at radius 1 is 0.803 bits per heavy atom. The molecule has 5 heterocycles. The fourth-order valence-corrected chi connectivity index (χ4v) is 7.69. The van der Waals surface area contributed by atoms with Gasteiger partial charge in [0, 0.05) is 66.3 Å². The van der Waals surface area contributed by atoms with Crippen LogP contribution in [-0.4, -0.2) is 74.6 Å². The van der Waals surface area contributed by atoms with Crippen LogP contribution in [0.3, 0.4) is 0 Å². The van der Waals surface area contributed by atoms with Gasteiger partial charge in [-0.2, -0.15) is 0 Å². The number of nitrogen functional groups attached to an aromatic ring is 1. The van der Waals surface area contributed by atoms with Crippen molar-refractivity contribution in [1.29, 1.82) is 0 Å². The number of nitrogens with one attached hydrogen (secondary N) is 4. The molecule has 0 unspecified atom stereocenters. The lowest BCUT2D eigenvalue weighted by Gasteiger charge is -2.16. The molecule has 16 nitrogen and oxygen atoms in total. The van der Waals surface area contributed by atoms with Crippen molar-refractivity contribution in [2.24, 2.45) is 0 Å². The number of nitrogens with two attached hydrogens (primary N) is 1. The van der Waals surface area contributed by atoms with Crippen molar-refractivity contribution in [3.05, 3.63) is 125 Å². The summed E-state index contributed by atoms with van der Waals surface area (Å²) in [5.74, 6) is -1.18. The van der Waals surface area contributed by atoms with Crippen LogP contribution < -0.4 is 36.5 Å². The molecule has 0 radical (unpaired) electrons. The number of amides is 4. The summed E-state index contributed by atoms with van der Waals surface area (Å²) in [6.07, 6.45) is 1.55. The third-order valence-electron chi connectivity index (χ3n) is 11.3.